The van der Waals surface area contributed by atoms with Gasteiger partial charge in [0.15, 0.2) is 5.16 Å². The molecule has 0 radical (unpaired) electrons. The number of nitrogens with zero attached hydrogens (tertiary/aromatic N) is 5. The van der Waals surface area contributed by atoms with Crippen LogP contribution in [0, 0.1) is 6.92 Å². The van der Waals surface area contributed by atoms with Crippen molar-refractivity contribution in [3.8, 4) is 0 Å². The number of aromatic nitrogens is 5. The number of nitrogens with two attached hydrogens (primary N) is 1. The van der Waals surface area contributed by atoms with Gasteiger partial charge >= 0.3 is 0 Å². The topological polar surface area (TPSA) is 109 Å². The third-order valence-corrected chi connectivity index (χ3v) is 5.27. The van der Waals surface area contributed by atoms with Gasteiger partial charge in [0.1, 0.15) is 18.2 Å². The van der Waals surface area contributed by atoms with Crippen LogP contribution in [0.15, 0.2) is 34.2 Å². The van der Waals surface area contributed by atoms with E-state index in [0.717, 1.165) is 23.8 Å². The number of primary amides is 1. The highest BCUT2D eigenvalue weighted by Crippen LogP contribution is 2.38. The highest BCUT2D eigenvalue weighted by Gasteiger charge is 2.28. The summed E-state index contributed by atoms with van der Waals surface area (Å²) in [6.45, 7) is 1.74. The van der Waals surface area contributed by atoms with Gasteiger partial charge in [0.25, 0.3) is 5.56 Å². The van der Waals surface area contributed by atoms with Gasteiger partial charge in [0, 0.05) is 6.04 Å². The standard InChI is InChI=1S/C17H18N6O2S/c1-10-20-21-17(23(10)11-6-7-11)26-9-15-19-13-5-3-2-4-12(13)16(25)22(15)8-14(18)24/h2-5,11H,6-9H2,1H3,(H2,18,24). The van der Waals surface area contributed by atoms with Gasteiger partial charge in [-0.2, -0.15) is 0 Å². The van der Waals surface area contributed by atoms with Gasteiger partial charge in [0.05, 0.1) is 16.7 Å². The number of carbonyl (C=O) groups excluding carboxylic acids is 1. The van der Waals surface area contributed by atoms with Crippen LogP contribution in [-0.4, -0.2) is 30.2 Å². The molecule has 1 amide bonds. The molecule has 2 aromatic heterocycles. The van der Waals surface area contributed by atoms with E-state index in [1.54, 1.807) is 18.2 Å². The first kappa shape index (κ1) is 16.8. The maximum Gasteiger partial charge on any atom is 0.261 e. The van der Waals surface area contributed by atoms with Gasteiger partial charge in [-0.25, -0.2) is 4.98 Å². The second-order valence-electron chi connectivity index (χ2n) is 6.32. The molecule has 0 unspecified atom stereocenters. The fourth-order valence-electron chi connectivity index (χ4n) is 2.97. The number of aryl methyl sites for hydroxylation is 1. The molecule has 134 valence electrons. The fraction of sp³-hybridized carbons (Fsp3) is 0.353. The number of hydrogen-bond acceptors (Lipinski definition) is 6. The number of amides is 1. The molecule has 0 atom stereocenters. The lowest BCUT2D eigenvalue weighted by molar-refractivity contribution is -0.118. The number of rotatable bonds is 6. The highest BCUT2D eigenvalue weighted by molar-refractivity contribution is 7.98. The molecular formula is C17H18N6O2S. The van der Waals surface area contributed by atoms with Crippen LogP contribution in [0.25, 0.3) is 10.9 Å². The van der Waals surface area contributed by atoms with Crippen LogP contribution >= 0.6 is 11.8 Å². The molecule has 1 saturated carbocycles. The Hall–Kier alpha value is -2.68. The fourth-order valence-corrected chi connectivity index (χ4v) is 3.97. The normalized spacial score (nSPS) is 14.0. The zero-order valence-electron chi connectivity index (χ0n) is 14.3. The van der Waals surface area contributed by atoms with Crippen LogP contribution in [0.3, 0.4) is 0 Å². The SMILES string of the molecule is Cc1nnc(SCc2nc3ccccc3c(=O)n2CC(N)=O)n1C1CC1. The van der Waals surface area contributed by atoms with Crippen molar-refractivity contribution < 1.29 is 4.79 Å². The Morgan fingerprint density at radius 1 is 1.31 bits per heavy atom. The van der Waals surface area contributed by atoms with Gasteiger partial charge in [-0.3, -0.25) is 14.2 Å². The van der Waals surface area contributed by atoms with Gasteiger partial charge in [-0.05, 0) is 31.9 Å². The number of fused-ring (bicyclic) bond motifs is 1. The third kappa shape index (κ3) is 3.10. The molecule has 1 aliphatic carbocycles. The first-order valence-electron chi connectivity index (χ1n) is 8.35. The van der Waals surface area contributed by atoms with E-state index in [1.807, 2.05) is 13.0 Å². The van der Waals surface area contributed by atoms with Crippen molar-refractivity contribution in [2.75, 3.05) is 0 Å². The summed E-state index contributed by atoms with van der Waals surface area (Å²) in [5.74, 6) is 1.21. The zero-order valence-corrected chi connectivity index (χ0v) is 15.1. The van der Waals surface area contributed by atoms with Crippen molar-refractivity contribution in [1.29, 1.82) is 0 Å². The minimum absolute atomic E-state index is 0.194. The molecule has 4 rings (SSSR count). The summed E-state index contributed by atoms with van der Waals surface area (Å²) in [6.07, 6.45) is 2.26. The zero-order chi connectivity index (χ0) is 18.3. The highest BCUT2D eigenvalue weighted by atomic mass is 32.2. The summed E-state index contributed by atoms with van der Waals surface area (Å²) in [6, 6.07) is 7.56. The lowest BCUT2D eigenvalue weighted by Gasteiger charge is -2.12. The first-order chi connectivity index (χ1) is 12.5. The summed E-state index contributed by atoms with van der Waals surface area (Å²) in [4.78, 5) is 28.8. The summed E-state index contributed by atoms with van der Waals surface area (Å²) in [7, 11) is 0. The Balaban J connectivity index is 1.71. The summed E-state index contributed by atoms with van der Waals surface area (Å²) >= 11 is 1.46. The van der Waals surface area contributed by atoms with Crippen molar-refractivity contribution in [2.24, 2.45) is 5.73 Å². The van der Waals surface area contributed by atoms with Crippen LogP contribution in [0.1, 0.15) is 30.5 Å². The predicted octanol–water partition coefficient (Wildman–Crippen LogP) is 1.41. The maximum atomic E-state index is 12.8. The molecule has 1 fully saturated rings. The molecule has 8 nitrogen and oxygen atoms in total. The molecule has 0 saturated heterocycles. The van der Waals surface area contributed by atoms with Gasteiger partial charge in [-0.15, -0.1) is 10.2 Å². The quantitative estimate of drug-likeness (QED) is 0.657. The monoisotopic (exact) mass is 370 g/mol. The molecule has 0 bridgehead atoms. The summed E-state index contributed by atoms with van der Waals surface area (Å²) in [5.41, 5.74) is 5.68. The third-order valence-electron chi connectivity index (χ3n) is 4.33. The molecule has 2 heterocycles. The van der Waals surface area contributed by atoms with Crippen molar-refractivity contribution in [2.45, 2.75) is 43.3 Å². The van der Waals surface area contributed by atoms with E-state index in [-0.39, 0.29) is 12.1 Å². The van der Waals surface area contributed by atoms with Crippen LogP contribution in [0.2, 0.25) is 0 Å². The van der Waals surface area contributed by atoms with Crippen LogP contribution in [-0.2, 0) is 17.1 Å². The van der Waals surface area contributed by atoms with E-state index >= 15 is 0 Å². The lowest BCUT2D eigenvalue weighted by Crippen LogP contribution is -2.31. The van der Waals surface area contributed by atoms with E-state index < -0.39 is 5.91 Å². The van der Waals surface area contributed by atoms with Gasteiger partial charge < -0.3 is 10.3 Å². The van der Waals surface area contributed by atoms with E-state index in [4.69, 9.17) is 5.73 Å². The number of carbonyl (C=O) groups is 1. The largest absolute Gasteiger partial charge is 0.368 e. The number of hydrogen-bond donors (Lipinski definition) is 1. The van der Waals surface area contributed by atoms with E-state index in [1.165, 1.54) is 16.3 Å². The average Bonchev–Trinajstić information content (AvgIpc) is 3.38. The molecular weight excluding hydrogens is 352 g/mol. The predicted molar refractivity (Wildman–Crippen MR) is 97.8 cm³/mol. The van der Waals surface area contributed by atoms with Crippen molar-refractivity contribution in [3.63, 3.8) is 0 Å². The molecule has 26 heavy (non-hydrogen) atoms. The summed E-state index contributed by atoms with van der Waals surface area (Å²) < 4.78 is 3.48. The number of benzene rings is 1. The molecule has 2 N–H and O–H groups in total. The Bertz CT molecular complexity index is 1050. The summed E-state index contributed by atoms with van der Waals surface area (Å²) in [5, 5.41) is 9.67. The smallest absolute Gasteiger partial charge is 0.261 e. The van der Waals surface area contributed by atoms with Gasteiger partial charge in [-0.1, -0.05) is 23.9 Å². The van der Waals surface area contributed by atoms with Crippen LogP contribution in [0.4, 0.5) is 0 Å². The van der Waals surface area contributed by atoms with Crippen molar-refractivity contribution in [1.82, 2.24) is 24.3 Å². The molecule has 1 aliphatic rings. The van der Waals surface area contributed by atoms with E-state index in [0.29, 0.717) is 28.5 Å². The van der Waals surface area contributed by atoms with E-state index in [2.05, 4.69) is 19.7 Å². The van der Waals surface area contributed by atoms with Crippen LogP contribution < -0.4 is 11.3 Å². The van der Waals surface area contributed by atoms with Crippen LogP contribution in [0.5, 0.6) is 0 Å². The van der Waals surface area contributed by atoms with Crippen molar-refractivity contribution in [3.05, 3.63) is 46.3 Å². The Labute approximate surface area is 153 Å². The number of thioether (sulfide) groups is 1. The number of para-hydroxylation sites is 1. The first-order valence-corrected chi connectivity index (χ1v) is 9.34. The van der Waals surface area contributed by atoms with Crippen molar-refractivity contribution >= 4 is 28.6 Å². The minimum atomic E-state index is -0.576. The van der Waals surface area contributed by atoms with E-state index in [9.17, 15) is 9.59 Å². The maximum absolute atomic E-state index is 12.8. The minimum Gasteiger partial charge on any atom is -0.368 e. The Morgan fingerprint density at radius 3 is 2.81 bits per heavy atom. The molecule has 0 spiro atoms. The second-order valence-corrected chi connectivity index (χ2v) is 7.26. The molecule has 9 heteroatoms. The lowest BCUT2D eigenvalue weighted by atomic mass is 10.2. The molecule has 3 aromatic rings. The van der Waals surface area contributed by atoms with Gasteiger partial charge in [0.2, 0.25) is 5.91 Å². The molecule has 1 aromatic carbocycles. The molecule has 0 aliphatic heterocycles. The Kier molecular flexibility index (Phi) is 4.23. The average molecular weight is 370 g/mol. The Morgan fingerprint density at radius 2 is 2.08 bits per heavy atom. The second kappa shape index (κ2) is 6.56.